The van der Waals surface area contributed by atoms with Gasteiger partial charge in [0.15, 0.2) is 5.75 Å². The smallest absolute Gasteiger partial charge is 0.497 e. The van der Waals surface area contributed by atoms with Crippen LogP contribution < -0.4 is 41.6 Å². The van der Waals surface area contributed by atoms with Crippen molar-refractivity contribution in [3.63, 3.8) is 0 Å². The molecule has 1 atom stereocenters. The van der Waals surface area contributed by atoms with Gasteiger partial charge in [0.05, 0.1) is 52.4 Å². The summed E-state index contributed by atoms with van der Waals surface area (Å²) in [5.41, 5.74) is 7.10. The summed E-state index contributed by atoms with van der Waals surface area (Å²) in [5.74, 6) is 4.84. The molecular weight excluding hydrogens is 1290 g/mol. The highest BCUT2D eigenvalue weighted by atomic mass is 31.2. The number of hydrogen-bond acceptors (Lipinski definition) is 15. The van der Waals surface area contributed by atoms with Gasteiger partial charge in [-0.25, -0.2) is 0 Å². The Kier molecular flexibility index (Phi) is 18.2. The summed E-state index contributed by atoms with van der Waals surface area (Å²) in [6.07, 6.45) is 0. The Morgan fingerprint density at radius 2 is 0.714 bits per heavy atom. The minimum Gasteiger partial charge on any atom is -0.497 e. The van der Waals surface area contributed by atoms with Crippen molar-refractivity contribution in [1.29, 1.82) is 0 Å². The molecule has 0 amide bonds. The van der Waals surface area contributed by atoms with Crippen molar-refractivity contribution < 1.29 is 68.6 Å². The number of methoxy groups -OCH3 is 4. The maximum Gasteiger partial charge on any atom is 0.530 e. The monoisotopic (exact) mass is 1380 g/mol. The standard InChI is InChI=1S/C80H91O15P3/c1-75(2,3)58-31-44(42-81)29-52-53-30-45(43-82)32-59(76(4,5)6)69(53)90-96(89-68(52)58)87-64-27-23-25-46-33-47-26-24-28-65-67(47)74(66(46)64)95-97(88-65)91-70-54(34-48(83-19)38-60(70)77(7,8)9)55-35-49(84-20)39-61(78(10,11)12)71(55)92-98-93-72-56(36-50(85-21)40-62(72)79(13,14)15)57-37-51(86-22)41-63(73(57)94-98)80(16,17)18/h23-41,81-82H,42-43H2,1-22H3. The van der Waals surface area contributed by atoms with E-state index in [1.165, 1.54) is 0 Å². The summed E-state index contributed by atoms with van der Waals surface area (Å²) in [6, 6.07) is 37.7. The topological polar surface area (TPSA) is 176 Å². The highest BCUT2D eigenvalue weighted by Gasteiger charge is 2.38. The zero-order valence-electron chi connectivity index (χ0n) is 60.4. The van der Waals surface area contributed by atoms with Crippen LogP contribution in [-0.4, -0.2) is 38.7 Å². The lowest BCUT2D eigenvalue weighted by atomic mass is 9.81. The van der Waals surface area contributed by atoms with E-state index in [1.807, 2.05) is 109 Å². The lowest BCUT2D eigenvalue weighted by molar-refractivity contribution is 0.281. The molecule has 0 spiro atoms. The van der Waals surface area contributed by atoms with Crippen molar-refractivity contribution in [3.05, 3.63) is 160 Å². The van der Waals surface area contributed by atoms with Crippen LogP contribution in [0, 0.1) is 0 Å². The fraction of sp³-hybridized carbons (Fsp3) is 0.375. The van der Waals surface area contributed by atoms with Gasteiger partial charge in [-0.2, -0.15) is 0 Å². The van der Waals surface area contributed by atoms with E-state index in [2.05, 4.69) is 131 Å². The third kappa shape index (κ3) is 13.2. The molecule has 3 heterocycles. The van der Waals surface area contributed by atoms with Crippen molar-refractivity contribution in [3.8, 4) is 62.9 Å². The number of fused-ring (bicyclic) bond motifs is 8. The number of aliphatic hydroxyl groups excluding tert-OH is 2. The minimum absolute atomic E-state index is 0.192. The van der Waals surface area contributed by atoms with Crippen LogP contribution in [0.5, 0.6) is 51.7 Å². The second-order valence-electron chi connectivity index (χ2n) is 31.5. The SMILES string of the molecule is COc1cc(-c2cc(OC)cc(C(C)(C)C)c2Op2oc3c(C(C)(C)C)cc(OC)cc3c3cc(OC)cc(C(C)(C)C)c3o2)c(OP2Oc3cccc4cc5cccc(Op6oc7c(C(C)(C)C)cc(CO)cc7c7cc(CO)cc(C(C)(C)C)c7o6)c5c(c34)O2)c(C(C)(C)C)c1. The van der Waals surface area contributed by atoms with Gasteiger partial charge in [-0.15, -0.1) is 0 Å². The Balaban J connectivity index is 1.08. The van der Waals surface area contributed by atoms with Crippen molar-refractivity contribution >= 4 is 90.5 Å². The molecule has 2 N–H and O–H groups in total. The first-order valence-electron chi connectivity index (χ1n) is 33.0. The zero-order valence-corrected chi connectivity index (χ0v) is 63.1. The van der Waals surface area contributed by atoms with E-state index in [9.17, 15) is 10.2 Å². The molecule has 11 aromatic rings. The predicted molar refractivity (Wildman–Crippen MR) is 397 cm³/mol. The van der Waals surface area contributed by atoms with Gasteiger partial charge in [-0.05, 0) is 145 Å². The van der Waals surface area contributed by atoms with E-state index in [0.29, 0.717) is 102 Å². The molecule has 0 bridgehead atoms. The third-order valence-corrected chi connectivity index (χ3v) is 21.0. The highest BCUT2D eigenvalue weighted by molar-refractivity contribution is 7.43. The predicted octanol–water partition coefficient (Wildman–Crippen LogP) is 23.4. The fourth-order valence-electron chi connectivity index (χ4n) is 12.8. The maximum absolute atomic E-state index is 10.7. The van der Waals surface area contributed by atoms with Crippen molar-refractivity contribution in [2.24, 2.45) is 0 Å². The van der Waals surface area contributed by atoms with E-state index in [0.717, 1.165) is 71.1 Å². The second kappa shape index (κ2) is 25.5. The van der Waals surface area contributed by atoms with Crippen LogP contribution in [0.3, 0.4) is 0 Å². The average Bonchev–Trinajstić information content (AvgIpc) is 1.10. The normalized spacial score (nSPS) is 13.9. The van der Waals surface area contributed by atoms with E-state index in [-0.39, 0.29) is 13.2 Å². The number of ether oxygens (including phenoxy) is 4. The van der Waals surface area contributed by atoms with Gasteiger partial charge >= 0.3 is 25.1 Å². The lowest BCUT2D eigenvalue weighted by Crippen LogP contribution is -2.16. The van der Waals surface area contributed by atoms with Gasteiger partial charge in [-0.3, -0.25) is 0 Å². The summed E-state index contributed by atoms with van der Waals surface area (Å²) < 4.78 is 90.2. The zero-order chi connectivity index (χ0) is 70.7. The molecule has 18 heteroatoms. The van der Waals surface area contributed by atoms with Crippen LogP contribution in [0.4, 0.5) is 0 Å². The molecule has 12 rings (SSSR count). The molecule has 9 aromatic carbocycles. The van der Waals surface area contributed by atoms with E-state index in [1.54, 1.807) is 28.4 Å². The number of rotatable bonds is 13. The Hall–Kier alpha value is -8.15. The summed E-state index contributed by atoms with van der Waals surface area (Å²) in [4.78, 5) is 0. The first-order chi connectivity index (χ1) is 46.0. The highest BCUT2D eigenvalue weighted by Crippen LogP contribution is 2.60. The van der Waals surface area contributed by atoms with Crippen LogP contribution in [0.25, 0.3) is 76.5 Å². The molecule has 0 fully saturated rings. The largest absolute Gasteiger partial charge is 0.530 e. The molecule has 15 nitrogen and oxygen atoms in total. The number of aliphatic hydroxyl groups is 2. The maximum atomic E-state index is 10.7. The van der Waals surface area contributed by atoms with Crippen LogP contribution in [-0.2, 0) is 45.7 Å². The third-order valence-electron chi connectivity index (χ3n) is 18.0. The average molecular weight is 1390 g/mol. The lowest BCUT2D eigenvalue weighted by Gasteiger charge is -2.31. The van der Waals surface area contributed by atoms with Gasteiger partial charge in [0.2, 0.25) is 0 Å². The van der Waals surface area contributed by atoms with Gasteiger partial charge < -0.3 is 68.6 Å². The molecule has 516 valence electrons. The van der Waals surface area contributed by atoms with Gasteiger partial charge in [-0.1, -0.05) is 149 Å². The van der Waals surface area contributed by atoms with Gasteiger partial charge in [0.25, 0.3) is 0 Å². The molecule has 0 aliphatic carbocycles. The molecule has 1 aliphatic heterocycles. The van der Waals surface area contributed by atoms with Crippen molar-refractivity contribution in [2.45, 2.75) is 170 Å². The molecule has 0 saturated carbocycles. The van der Waals surface area contributed by atoms with Crippen LogP contribution >= 0.6 is 25.1 Å². The molecule has 2 aromatic heterocycles. The molecular formula is C80H91O15P3. The van der Waals surface area contributed by atoms with Crippen molar-refractivity contribution in [1.82, 2.24) is 0 Å². The minimum atomic E-state index is -2.37. The van der Waals surface area contributed by atoms with Crippen LogP contribution in [0.2, 0.25) is 0 Å². The summed E-state index contributed by atoms with van der Waals surface area (Å²) >= 11 is 0. The molecule has 98 heavy (non-hydrogen) atoms. The summed E-state index contributed by atoms with van der Waals surface area (Å²) in [6.45, 7) is 38.0. The number of hydrogen-bond donors (Lipinski definition) is 2. The van der Waals surface area contributed by atoms with Crippen LogP contribution in [0.15, 0.2) is 132 Å². The second-order valence-corrected chi connectivity index (χ2v) is 34.5. The molecule has 1 unspecified atom stereocenters. The first kappa shape index (κ1) is 69.7. The first-order valence-corrected chi connectivity index (χ1v) is 36.3. The Bertz CT molecular complexity index is 4890. The Labute approximate surface area is 577 Å². The quantitative estimate of drug-likeness (QED) is 0.0823. The van der Waals surface area contributed by atoms with E-state index >= 15 is 0 Å². The fourth-order valence-corrected chi connectivity index (χ4v) is 16.1. The Morgan fingerprint density at radius 1 is 0.357 bits per heavy atom. The van der Waals surface area contributed by atoms with E-state index in [4.69, 9.17) is 58.4 Å². The van der Waals surface area contributed by atoms with Gasteiger partial charge in [0.1, 0.15) is 68.3 Å². The molecule has 1 aliphatic rings. The number of benzene rings is 9. The molecule has 0 saturated heterocycles. The summed E-state index contributed by atoms with van der Waals surface area (Å²) in [5, 5.41) is 27.5. The molecule has 0 radical (unpaired) electrons. The van der Waals surface area contributed by atoms with Crippen molar-refractivity contribution in [2.75, 3.05) is 28.4 Å². The Morgan fingerprint density at radius 3 is 1.12 bits per heavy atom. The summed E-state index contributed by atoms with van der Waals surface area (Å²) in [7, 11) is -0.370. The van der Waals surface area contributed by atoms with Gasteiger partial charge in [0, 0.05) is 66.1 Å². The van der Waals surface area contributed by atoms with E-state index < -0.39 is 57.6 Å². The van der Waals surface area contributed by atoms with Crippen LogP contribution in [0.1, 0.15) is 169 Å².